The highest BCUT2D eigenvalue weighted by Gasteiger charge is 1.86. The molecule has 0 saturated carbocycles. The summed E-state index contributed by atoms with van der Waals surface area (Å²) in [7, 11) is 0. The summed E-state index contributed by atoms with van der Waals surface area (Å²) in [5.41, 5.74) is 4.95. The number of nitrogens with two attached hydrogens (primary N) is 1. The lowest BCUT2D eigenvalue weighted by Crippen LogP contribution is -2.03. The maximum absolute atomic E-state index is 8.92. The van der Waals surface area contributed by atoms with E-state index in [2.05, 4.69) is 5.73 Å². The number of para-hydroxylation sites is 1. The second-order valence-electron chi connectivity index (χ2n) is 2.12. The molecule has 0 bridgehead atoms. The molecule has 0 radical (unpaired) electrons. The number of carbonyl (C=O) groups is 1. The molecule has 12 heavy (non-hydrogen) atoms. The molecule has 1 rings (SSSR count). The van der Waals surface area contributed by atoms with Crippen molar-refractivity contribution < 1.29 is 15.0 Å². The maximum Gasteiger partial charge on any atom is 0.402 e. The fourth-order valence-corrected chi connectivity index (χ4v) is 0.563. The van der Waals surface area contributed by atoms with Gasteiger partial charge in [0.25, 0.3) is 0 Å². The number of amides is 1. The average Bonchev–Trinajstić information content (AvgIpc) is 1.94. The number of rotatable bonds is 0. The molecule has 0 fully saturated rings. The fraction of sp³-hybridized carbons (Fsp3) is 0.125. The quantitative estimate of drug-likeness (QED) is 0.547. The number of primary amides is 1. The third-order valence-electron chi connectivity index (χ3n) is 1.12. The van der Waals surface area contributed by atoms with E-state index in [0.717, 1.165) is 5.56 Å². The van der Waals surface area contributed by atoms with Crippen molar-refractivity contribution in [2.75, 3.05) is 0 Å². The van der Waals surface area contributed by atoms with Crippen LogP contribution in [-0.2, 0) is 0 Å². The number of hydrogen-bond donors (Lipinski definition) is 3. The SMILES string of the molecule is Cc1ccccc1O.NC(=O)O. The van der Waals surface area contributed by atoms with Crippen molar-refractivity contribution in [3.8, 4) is 5.75 Å². The Balaban J connectivity index is 0.000000261. The zero-order valence-electron chi connectivity index (χ0n) is 6.69. The number of benzene rings is 1. The second kappa shape index (κ2) is 5.01. The monoisotopic (exact) mass is 169 g/mol. The van der Waals surface area contributed by atoms with Crippen molar-refractivity contribution in [2.45, 2.75) is 6.92 Å². The Morgan fingerprint density at radius 1 is 1.42 bits per heavy atom. The van der Waals surface area contributed by atoms with E-state index in [-0.39, 0.29) is 0 Å². The third-order valence-corrected chi connectivity index (χ3v) is 1.12. The van der Waals surface area contributed by atoms with E-state index >= 15 is 0 Å². The van der Waals surface area contributed by atoms with E-state index in [4.69, 9.17) is 15.0 Å². The molecule has 0 heterocycles. The average molecular weight is 169 g/mol. The van der Waals surface area contributed by atoms with Gasteiger partial charge in [0.1, 0.15) is 5.75 Å². The number of aryl methyl sites for hydroxylation is 1. The first kappa shape index (κ1) is 10.3. The van der Waals surface area contributed by atoms with Gasteiger partial charge in [0.05, 0.1) is 0 Å². The summed E-state index contributed by atoms with van der Waals surface area (Å²) in [5, 5.41) is 16.1. The molecule has 66 valence electrons. The topological polar surface area (TPSA) is 83.5 Å². The zero-order valence-corrected chi connectivity index (χ0v) is 6.69. The molecule has 0 unspecified atom stereocenters. The highest BCUT2D eigenvalue weighted by Crippen LogP contribution is 2.12. The van der Waals surface area contributed by atoms with E-state index < -0.39 is 6.09 Å². The number of aromatic hydroxyl groups is 1. The van der Waals surface area contributed by atoms with Gasteiger partial charge >= 0.3 is 6.09 Å². The summed E-state index contributed by atoms with van der Waals surface area (Å²) in [6, 6.07) is 7.25. The summed E-state index contributed by atoms with van der Waals surface area (Å²) in [4.78, 5) is 8.78. The minimum Gasteiger partial charge on any atom is -0.508 e. The standard InChI is InChI=1S/C7H8O.CH3NO2/c1-6-4-2-3-5-7(6)8;2-1(3)4/h2-5,8H,1H3;2H2,(H,3,4). The molecule has 4 N–H and O–H groups in total. The predicted octanol–water partition coefficient (Wildman–Crippen LogP) is 1.32. The Morgan fingerprint density at radius 3 is 2.08 bits per heavy atom. The van der Waals surface area contributed by atoms with Crippen LogP contribution in [0.5, 0.6) is 5.75 Å². The highest BCUT2D eigenvalue weighted by molar-refractivity contribution is 5.61. The van der Waals surface area contributed by atoms with E-state index in [1.54, 1.807) is 6.07 Å². The van der Waals surface area contributed by atoms with E-state index in [1.807, 2.05) is 25.1 Å². The number of phenols is 1. The Morgan fingerprint density at radius 2 is 1.83 bits per heavy atom. The molecular weight excluding hydrogens is 158 g/mol. The first-order valence-corrected chi connectivity index (χ1v) is 3.27. The summed E-state index contributed by atoms with van der Waals surface area (Å²) in [6.45, 7) is 1.87. The van der Waals surface area contributed by atoms with Gasteiger partial charge in [0.15, 0.2) is 0 Å². The summed E-state index contributed by atoms with van der Waals surface area (Å²) >= 11 is 0. The van der Waals surface area contributed by atoms with Gasteiger partial charge in [-0.05, 0) is 18.6 Å². The summed E-state index contributed by atoms with van der Waals surface area (Å²) in [5.74, 6) is 0.368. The molecule has 1 aromatic carbocycles. The molecule has 0 aliphatic heterocycles. The molecule has 4 heteroatoms. The zero-order chi connectivity index (χ0) is 9.56. The van der Waals surface area contributed by atoms with Gasteiger partial charge in [-0.15, -0.1) is 0 Å². The number of phenolic OH excluding ortho intramolecular Hbond substituents is 1. The predicted molar refractivity (Wildman–Crippen MR) is 45.1 cm³/mol. The van der Waals surface area contributed by atoms with Crippen LogP contribution in [0.15, 0.2) is 24.3 Å². The molecule has 1 aromatic rings. The van der Waals surface area contributed by atoms with Crippen LogP contribution in [0, 0.1) is 6.92 Å². The molecule has 1 amide bonds. The highest BCUT2D eigenvalue weighted by atomic mass is 16.4. The van der Waals surface area contributed by atoms with Crippen LogP contribution in [0.3, 0.4) is 0 Å². The molecule has 0 saturated heterocycles. The van der Waals surface area contributed by atoms with Crippen LogP contribution in [0.4, 0.5) is 4.79 Å². The van der Waals surface area contributed by atoms with Crippen LogP contribution < -0.4 is 5.73 Å². The van der Waals surface area contributed by atoms with E-state index in [1.165, 1.54) is 0 Å². The van der Waals surface area contributed by atoms with Gasteiger partial charge in [-0.2, -0.15) is 0 Å². The third kappa shape index (κ3) is 5.10. The van der Waals surface area contributed by atoms with Gasteiger partial charge in [0.2, 0.25) is 0 Å². The van der Waals surface area contributed by atoms with Crippen LogP contribution in [0.1, 0.15) is 5.56 Å². The van der Waals surface area contributed by atoms with Crippen LogP contribution >= 0.6 is 0 Å². The maximum atomic E-state index is 8.92. The van der Waals surface area contributed by atoms with Gasteiger partial charge in [0, 0.05) is 0 Å². The molecule has 0 aliphatic rings. The van der Waals surface area contributed by atoms with Crippen molar-refractivity contribution in [3.63, 3.8) is 0 Å². The van der Waals surface area contributed by atoms with Gasteiger partial charge in [-0.1, -0.05) is 18.2 Å². The second-order valence-corrected chi connectivity index (χ2v) is 2.12. The molecule has 0 atom stereocenters. The smallest absolute Gasteiger partial charge is 0.402 e. The minimum absolute atomic E-state index is 0.368. The van der Waals surface area contributed by atoms with Crippen LogP contribution in [0.2, 0.25) is 0 Å². The van der Waals surface area contributed by atoms with Crippen molar-refractivity contribution in [3.05, 3.63) is 29.8 Å². The van der Waals surface area contributed by atoms with Crippen molar-refractivity contribution in [1.82, 2.24) is 0 Å². The van der Waals surface area contributed by atoms with Crippen molar-refractivity contribution in [1.29, 1.82) is 0 Å². The first-order chi connectivity index (χ1) is 5.54. The van der Waals surface area contributed by atoms with Gasteiger partial charge < -0.3 is 15.9 Å². The summed E-state index contributed by atoms with van der Waals surface area (Å²) in [6.07, 6.45) is -1.33. The Labute approximate surface area is 70.3 Å². The molecule has 0 spiro atoms. The van der Waals surface area contributed by atoms with E-state index in [9.17, 15) is 0 Å². The Hall–Kier alpha value is -1.71. The lowest BCUT2D eigenvalue weighted by molar-refractivity contribution is 0.205. The first-order valence-electron chi connectivity index (χ1n) is 3.27. The molecule has 0 aromatic heterocycles. The molecule has 0 aliphatic carbocycles. The Kier molecular flexibility index (Phi) is 4.30. The summed E-state index contributed by atoms with van der Waals surface area (Å²) < 4.78 is 0. The van der Waals surface area contributed by atoms with Crippen LogP contribution in [-0.4, -0.2) is 16.3 Å². The van der Waals surface area contributed by atoms with Crippen molar-refractivity contribution >= 4 is 6.09 Å². The minimum atomic E-state index is -1.33. The molecular formula is C8H11NO3. The Bertz CT molecular complexity index is 235. The van der Waals surface area contributed by atoms with E-state index in [0.29, 0.717) is 5.75 Å². The normalized spacial score (nSPS) is 8.08. The van der Waals surface area contributed by atoms with Gasteiger partial charge in [-0.3, -0.25) is 0 Å². The lowest BCUT2D eigenvalue weighted by atomic mass is 10.2. The van der Waals surface area contributed by atoms with Gasteiger partial charge in [-0.25, -0.2) is 4.79 Å². The number of hydrogen-bond acceptors (Lipinski definition) is 2. The number of carboxylic acid groups (broad SMARTS) is 1. The fourth-order valence-electron chi connectivity index (χ4n) is 0.563. The lowest BCUT2D eigenvalue weighted by Gasteiger charge is -1.92. The molecule has 4 nitrogen and oxygen atoms in total. The largest absolute Gasteiger partial charge is 0.508 e. The van der Waals surface area contributed by atoms with Crippen molar-refractivity contribution in [2.24, 2.45) is 5.73 Å². The van der Waals surface area contributed by atoms with Crippen LogP contribution in [0.25, 0.3) is 0 Å².